The number of rotatable bonds is 9. The predicted octanol–water partition coefficient (Wildman–Crippen LogP) is 1.12. The molecule has 0 spiro atoms. The summed E-state index contributed by atoms with van der Waals surface area (Å²) < 4.78 is 6.58. The molecule has 0 unspecified atom stereocenters. The molecular formula is C23H27N4O4+. The molecule has 3 rings (SSSR count). The summed E-state index contributed by atoms with van der Waals surface area (Å²) in [5.74, 6) is -0.755. The number of nitrogens with zero attached hydrogens (tertiary/aromatic N) is 2. The number of hydrogen-bond donors (Lipinski definition) is 2. The number of nitrogens with one attached hydrogen (secondary N) is 2. The van der Waals surface area contributed by atoms with Crippen LogP contribution in [0.2, 0.25) is 0 Å². The Kier molecular flexibility index (Phi) is 7.50. The minimum atomic E-state index is -0.391. The van der Waals surface area contributed by atoms with Gasteiger partial charge in [-0.2, -0.15) is 0 Å². The fourth-order valence-corrected chi connectivity index (χ4v) is 3.24. The van der Waals surface area contributed by atoms with E-state index in [1.54, 1.807) is 48.5 Å². The molecule has 0 fully saturated rings. The zero-order chi connectivity index (χ0) is 22.2. The topological polar surface area (TPSA) is 94.7 Å². The summed E-state index contributed by atoms with van der Waals surface area (Å²) in [6, 6.07) is 13.5. The van der Waals surface area contributed by atoms with Gasteiger partial charge >= 0.3 is 5.97 Å². The van der Waals surface area contributed by atoms with Crippen LogP contribution in [-0.4, -0.2) is 47.7 Å². The first-order valence-electron chi connectivity index (χ1n) is 10.4. The van der Waals surface area contributed by atoms with Crippen LogP contribution in [0.1, 0.15) is 24.2 Å². The average molecular weight is 423 g/mol. The number of benzene rings is 2. The molecule has 1 heterocycles. The number of esters is 1. The van der Waals surface area contributed by atoms with Gasteiger partial charge in [0.2, 0.25) is 5.91 Å². The summed E-state index contributed by atoms with van der Waals surface area (Å²) in [6.07, 6.45) is 1.36. The smallest absolute Gasteiger partial charge is 0.338 e. The molecule has 2 aromatic carbocycles. The molecule has 8 nitrogen and oxygen atoms in total. The van der Waals surface area contributed by atoms with Crippen LogP contribution in [-0.2, 0) is 16.1 Å². The van der Waals surface area contributed by atoms with Gasteiger partial charge in [0.15, 0.2) is 0 Å². The quantitative estimate of drug-likeness (QED) is 0.503. The summed E-state index contributed by atoms with van der Waals surface area (Å²) in [6.45, 7) is 7.15. The number of fused-ring (bicyclic) bond motifs is 1. The second kappa shape index (κ2) is 10.5. The molecule has 162 valence electrons. The van der Waals surface area contributed by atoms with Crippen LogP contribution in [0.25, 0.3) is 10.9 Å². The molecule has 1 aromatic heterocycles. The number of carbonyl (C=O) groups excluding carboxylic acids is 2. The lowest BCUT2D eigenvalue weighted by Gasteiger charge is -2.15. The molecule has 0 saturated heterocycles. The normalized spacial score (nSPS) is 10.9. The van der Waals surface area contributed by atoms with Gasteiger partial charge in [0.25, 0.3) is 5.56 Å². The van der Waals surface area contributed by atoms with Crippen LogP contribution in [0.5, 0.6) is 0 Å². The molecule has 0 bridgehead atoms. The van der Waals surface area contributed by atoms with Crippen molar-refractivity contribution in [3.63, 3.8) is 0 Å². The van der Waals surface area contributed by atoms with Crippen molar-refractivity contribution < 1.29 is 19.2 Å². The molecular weight excluding hydrogens is 396 g/mol. The van der Waals surface area contributed by atoms with Crippen LogP contribution >= 0.6 is 0 Å². The molecule has 0 atom stereocenters. The summed E-state index contributed by atoms with van der Waals surface area (Å²) in [4.78, 5) is 42.6. The Morgan fingerprint density at radius 3 is 2.48 bits per heavy atom. The number of amides is 1. The van der Waals surface area contributed by atoms with Crippen LogP contribution in [0.15, 0.2) is 59.7 Å². The number of aromatic nitrogens is 2. The van der Waals surface area contributed by atoms with E-state index in [1.807, 2.05) is 0 Å². The summed E-state index contributed by atoms with van der Waals surface area (Å²) in [5, 5.41) is 3.18. The summed E-state index contributed by atoms with van der Waals surface area (Å²) in [5.41, 5.74) is 1.26. The lowest BCUT2D eigenvalue weighted by Crippen LogP contribution is -3.11. The monoisotopic (exact) mass is 423 g/mol. The first-order chi connectivity index (χ1) is 15.0. The Hall–Kier alpha value is -3.52. The minimum Gasteiger partial charge on any atom is -0.456 e. The summed E-state index contributed by atoms with van der Waals surface area (Å²) >= 11 is 0. The molecule has 0 aliphatic rings. The predicted molar refractivity (Wildman–Crippen MR) is 118 cm³/mol. The highest BCUT2D eigenvalue weighted by molar-refractivity contribution is 5.93. The average Bonchev–Trinajstić information content (AvgIpc) is 2.79. The number of para-hydroxylation sites is 1. The molecule has 0 radical (unpaired) electrons. The Morgan fingerprint density at radius 2 is 1.77 bits per heavy atom. The highest BCUT2D eigenvalue weighted by Crippen LogP contribution is 2.11. The van der Waals surface area contributed by atoms with E-state index in [0.29, 0.717) is 28.8 Å². The first kappa shape index (κ1) is 22.2. The van der Waals surface area contributed by atoms with Gasteiger partial charge in [-0.25, -0.2) is 9.78 Å². The fourth-order valence-electron chi connectivity index (χ4n) is 3.24. The molecule has 31 heavy (non-hydrogen) atoms. The Morgan fingerprint density at radius 1 is 1.06 bits per heavy atom. The first-order valence-corrected chi connectivity index (χ1v) is 10.4. The van der Waals surface area contributed by atoms with Crippen LogP contribution in [0, 0.1) is 0 Å². The highest BCUT2D eigenvalue weighted by Gasteiger charge is 2.11. The Balaban J connectivity index is 1.56. The van der Waals surface area contributed by atoms with Gasteiger partial charge in [0, 0.05) is 5.69 Å². The van der Waals surface area contributed by atoms with Crippen molar-refractivity contribution in [3.8, 4) is 0 Å². The maximum atomic E-state index is 12.5. The van der Waals surface area contributed by atoms with Gasteiger partial charge in [0.05, 0.1) is 35.9 Å². The maximum Gasteiger partial charge on any atom is 0.338 e. The zero-order valence-corrected chi connectivity index (χ0v) is 17.8. The molecule has 1 amide bonds. The molecule has 2 N–H and O–H groups in total. The third kappa shape index (κ3) is 5.76. The molecule has 0 aliphatic heterocycles. The Labute approximate surface area is 180 Å². The van der Waals surface area contributed by atoms with E-state index < -0.39 is 5.97 Å². The van der Waals surface area contributed by atoms with Crippen LogP contribution in [0.3, 0.4) is 0 Å². The zero-order valence-electron chi connectivity index (χ0n) is 17.8. The number of likely N-dealkylation sites (N-methyl/N-ethyl adjacent to an activating group) is 1. The number of anilines is 1. The van der Waals surface area contributed by atoms with E-state index in [4.69, 9.17) is 4.74 Å². The Bertz CT molecular complexity index is 1100. The largest absolute Gasteiger partial charge is 0.456 e. The number of ether oxygens (including phenoxy) is 1. The van der Waals surface area contributed by atoms with Crippen molar-refractivity contribution in [2.45, 2.75) is 20.4 Å². The molecule has 8 heteroatoms. The van der Waals surface area contributed by atoms with E-state index in [-0.39, 0.29) is 18.0 Å². The lowest BCUT2D eigenvalue weighted by molar-refractivity contribution is -0.896. The second-order valence-electron chi connectivity index (χ2n) is 7.16. The SMILES string of the molecule is CC[NH+](CC)CCOC(=O)c1ccc(NC(=O)Cn2cnc3ccccc3c2=O)cc1. The molecule has 0 saturated carbocycles. The van der Waals surface area contributed by atoms with Gasteiger partial charge in [-0.1, -0.05) is 12.1 Å². The third-order valence-electron chi connectivity index (χ3n) is 5.14. The van der Waals surface area contributed by atoms with Crippen molar-refractivity contribution in [1.82, 2.24) is 9.55 Å². The minimum absolute atomic E-state index is 0.159. The van der Waals surface area contributed by atoms with Crippen molar-refractivity contribution in [3.05, 3.63) is 70.8 Å². The second-order valence-corrected chi connectivity index (χ2v) is 7.16. The van der Waals surface area contributed by atoms with Crippen LogP contribution in [0.4, 0.5) is 5.69 Å². The lowest BCUT2D eigenvalue weighted by atomic mass is 10.2. The summed E-state index contributed by atoms with van der Waals surface area (Å²) in [7, 11) is 0. The highest BCUT2D eigenvalue weighted by atomic mass is 16.5. The van der Waals surface area contributed by atoms with E-state index in [0.717, 1.165) is 19.6 Å². The van der Waals surface area contributed by atoms with Gasteiger partial charge in [0.1, 0.15) is 19.7 Å². The van der Waals surface area contributed by atoms with Crippen molar-refractivity contribution in [2.75, 3.05) is 31.6 Å². The van der Waals surface area contributed by atoms with Gasteiger partial charge < -0.3 is 15.0 Å². The van der Waals surface area contributed by atoms with Gasteiger partial charge in [-0.05, 0) is 50.2 Å². The molecule has 3 aromatic rings. The van der Waals surface area contributed by atoms with Crippen molar-refractivity contribution >= 4 is 28.5 Å². The third-order valence-corrected chi connectivity index (χ3v) is 5.14. The standard InChI is InChI=1S/C23H26N4O4/c1-3-26(4-2)13-14-31-23(30)17-9-11-18(12-10-17)25-21(28)15-27-16-24-20-8-6-5-7-19(20)22(27)29/h5-12,16H,3-4,13-15H2,1-2H3,(H,25,28)/p+1. The number of carbonyl (C=O) groups is 2. The molecule has 0 aliphatic carbocycles. The van der Waals surface area contributed by atoms with Crippen LogP contribution < -0.4 is 15.8 Å². The number of quaternary nitrogens is 1. The van der Waals surface area contributed by atoms with Gasteiger partial charge in [-0.3, -0.25) is 14.2 Å². The fraction of sp³-hybridized carbons (Fsp3) is 0.304. The van der Waals surface area contributed by atoms with E-state index >= 15 is 0 Å². The van der Waals surface area contributed by atoms with E-state index in [1.165, 1.54) is 15.8 Å². The van der Waals surface area contributed by atoms with Crippen molar-refractivity contribution in [2.24, 2.45) is 0 Å². The van der Waals surface area contributed by atoms with E-state index in [2.05, 4.69) is 24.1 Å². The number of hydrogen-bond acceptors (Lipinski definition) is 5. The van der Waals surface area contributed by atoms with Crippen molar-refractivity contribution in [1.29, 1.82) is 0 Å². The van der Waals surface area contributed by atoms with Gasteiger partial charge in [-0.15, -0.1) is 0 Å². The van der Waals surface area contributed by atoms with E-state index in [9.17, 15) is 14.4 Å². The maximum absolute atomic E-state index is 12.5.